The summed E-state index contributed by atoms with van der Waals surface area (Å²) < 4.78 is 0.773. The molecule has 0 fully saturated rings. The van der Waals surface area contributed by atoms with Crippen LogP contribution in [0.1, 0.15) is 17.7 Å². The Morgan fingerprint density at radius 2 is 2.15 bits per heavy atom. The summed E-state index contributed by atoms with van der Waals surface area (Å²) >= 11 is 5.23. The van der Waals surface area contributed by atoms with E-state index >= 15 is 0 Å². The molecule has 1 heterocycles. The molecule has 0 radical (unpaired) electrons. The summed E-state index contributed by atoms with van der Waals surface area (Å²) in [5.41, 5.74) is 2.53. The molecular weight excluding hydrogens is 182 g/mol. The lowest BCUT2D eigenvalue weighted by molar-refractivity contribution is 0.895. The smallest absolute Gasteiger partial charge is 0.203 e. The van der Waals surface area contributed by atoms with E-state index in [1.165, 1.54) is 17.7 Å². The number of hydrogen-bond donors (Lipinski definition) is 1. The number of hydrogen-bond acceptors (Lipinski definition) is 3. The number of nitrogens with zero attached hydrogens (tertiary/aromatic N) is 2. The number of nitrogens with one attached hydrogen (secondary N) is 1. The average Bonchev–Trinajstić information content (AvgIpc) is 2.51. The van der Waals surface area contributed by atoms with Gasteiger partial charge in [-0.2, -0.15) is 0 Å². The van der Waals surface area contributed by atoms with Crippen LogP contribution in [0.3, 0.4) is 0 Å². The maximum absolute atomic E-state index is 5.23. The van der Waals surface area contributed by atoms with Crippen molar-refractivity contribution in [2.75, 3.05) is 19.0 Å². The maximum atomic E-state index is 5.23. The van der Waals surface area contributed by atoms with Crippen molar-refractivity contribution in [2.45, 2.75) is 19.3 Å². The van der Waals surface area contributed by atoms with E-state index in [1.54, 1.807) is 0 Å². The van der Waals surface area contributed by atoms with Gasteiger partial charge in [0.15, 0.2) is 0 Å². The van der Waals surface area contributed by atoms with Crippen LogP contribution >= 0.6 is 12.2 Å². The van der Waals surface area contributed by atoms with E-state index in [4.69, 9.17) is 12.2 Å². The van der Waals surface area contributed by atoms with E-state index in [2.05, 4.69) is 9.97 Å². The summed E-state index contributed by atoms with van der Waals surface area (Å²) in [6.45, 7) is 0. The quantitative estimate of drug-likeness (QED) is 0.692. The zero-order valence-electron chi connectivity index (χ0n) is 7.92. The first-order valence-corrected chi connectivity index (χ1v) is 4.88. The minimum absolute atomic E-state index is 0.773. The first kappa shape index (κ1) is 8.69. The van der Waals surface area contributed by atoms with E-state index in [9.17, 15) is 0 Å². The predicted octanol–water partition coefficient (Wildman–Crippen LogP) is 1.69. The molecule has 70 valence electrons. The standard InChI is InChI=1S/C9H13N3S/c1-12(2)9-10-7-5-3-4-6(7)8(13)11-9/h3-5H2,1-2H3,(H,10,11,13). The normalized spacial score (nSPS) is 14.3. The lowest BCUT2D eigenvalue weighted by Crippen LogP contribution is -2.14. The largest absolute Gasteiger partial charge is 0.349 e. The fourth-order valence-electron chi connectivity index (χ4n) is 1.66. The van der Waals surface area contributed by atoms with E-state index in [-0.39, 0.29) is 0 Å². The number of aromatic amines is 1. The SMILES string of the molecule is CN(C)c1nc(=S)c2c([nH]1)CCC2. The number of aryl methyl sites for hydroxylation is 1. The van der Waals surface area contributed by atoms with Crippen LogP contribution in [0.15, 0.2) is 0 Å². The third kappa shape index (κ3) is 1.46. The van der Waals surface area contributed by atoms with Gasteiger partial charge in [0.05, 0.1) is 0 Å². The zero-order valence-corrected chi connectivity index (χ0v) is 8.74. The molecule has 13 heavy (non-hydrogen) atoms. The number of rotatable bonds is 1. The summed E-state index contributed by atoms with van der Waals surface area (Å²) in [4.78, 5) is 9.60. The molecule has 0 saturated carbocycles. The Bertz CT molecular complexity index is 381. The molecule has 1 aromatic heterocycles. The highest BCUT2D eigenvalue weighted by Gasteiger charge is 2.14. The van der Waals surface area contributed by atoms with Gasteiger partial charge in [-0.25, -0.2) is 4.98 Å². The fraction of sp³-hybridized carbons (Fsp3) is 0.556. The molecule has 0 saturated heterocycles. The molecule has 0 atom stereocenters. The van der Waals surface area contributed by atoms with Gasteiger partial charge >= 0.3 is 0 Å². The molecule has 0 bridgehead atoms. The minimum atomic E-state index is 0.773. The Kier molecular flexibility index (Phi) is 2.07. The third-order valence-corrected chi connectivity index (χ3v) is 2.71. The molecule has 0 aliphatic heterocycles. The van der Waals surface area contributed by atoms with Gasteiger partial charge in [0, 0.05) is 25.4 Å². The molecule has 1 aromatic rings. The van der Waals surface area contributed by atoms with E-state index in [0.29, 0.717) is 0 Å². The van der Waals surface area contributed by atoms with Gasteiger partial charge in [0.2, 0.25) is 5.95 Å². The molecule has 1 aliphatic carbocycles. The Labute approximate surface area is 82.8 Å². The summed E-state index contributed by atoms with van der Waals surface area (Å²) in [5, 5.41) is 0. The van der Waals surface area contributed by atoms with Crippen molar-refractivity contribution in [1.82, 2.24) is 9.97 Å². The number of fused-ring (bicyclic) bond motifs is 1. The van der Waals surface area contributed by atoms with Gasteiger partial charge in [-0.15, -0.1) is 0 Å². The van der Waals surface area contributed by atoms with Gasteiger partial charge in [0.1, 0.15) is 4.64 Å². The lowest BCUT2D eigenvalue weighted by Gasteiger charge is -2.12. The molecule has 0 aromatic carbocycles. The minimum Gasteiger partial charge on any atom is -0.349 e. The predicted molar refractivity (Wildman–Crippen MR) is 55.8 cm³/mol. The summed E-state index contributed by atoms with van der Waals surface area (Å²) in [5.74, 6) is 0.866. The highest BCUT2D eigenvalue weighted by atomic mass is 32.1. The van der Waals surface area contributed by atoms with Crippen LogP contribution in [0.5, 0.6) is 0 Å². The Balaban J connectivity index is 2.56. The van der Waals surface area contributed by atoms with Crippen molar-refractivity contribution in [3.05, 3.63) is 15.9 Å². The summed E-state index contributed by atoms with van der Waals surface area (Å²) in [6.07, 6.45) is 3.40. The average molecular weight is 195 g/mol. The van der Waals surface area contributed by atoms with Crippen LogP contribution in [0.25, 0.3) is 0 Å². The third-order valence-electron chi connectivity index (χ3n) is 2.37. The van der Waals surface area contributed by atoms with E-state index < -0.39 is 0 Å². The Morgan fingerprint density at radius 3 is 2.85 bits per heavy atom. The monoisotopic (exact) mass is 195 g/mol. The zero-order chi connectivity index (χ0) is 9.42. The van der Waals surface area contributed by atoms with Gasteiger partial charge in [-0.1, -0.05) is 12.2 Å². The van der Waals surface area contributed by atoms with Gasteiger partial charge in [0.25, 0.3) is 0 Å². The number of aromatic nitrogens is 2. The van der Waals surface area contributed by atoms with Crippen molar-refractivity contribution < 1.29 is 0 Å². The topological polar surface area (TPSA) is 31.9 Å². The first-order chi connectivity index (χ1) is 6.18. The van der Waals surface area contributed by atoms with Crippen molar-refractivity contribution in [3.63, 3.8) is 0 Å². The van der Waals surface area contributed by atoms with Gasteiger partial charge in [-0.05, 0) is 19.3 Å². The van der Waals surface area contributed by atoms with Gasteiger partial charge < -0.3 is 9.88 Å². The second-order valence-corrected chi connectivity index (χ2v) is 3.96. The molecule has 1 N–H and O–H groups in total. The summed E-state index contributed by atoms with van der Waals surface area (Å²) in [6, 6.07) is 0. The van der Waals surface area contributed by atoms with Gasteiger partial charge in [-0.3, -0.25) is 0 Å². The van der Waals surface area contributed by atoms with Crippen molar-refractivity contribution in [3.8, 4) is 0 Å². The van der Waals surface area contributed by atoms with E-state index in [1.807, 2.05) is 19.0 Å². The van der Waals surface area contributed by atoms with Crippen molar-refractivity contribution in [1.29, 1.82) is 0 Å². The number of anilines is 1. The molecule has 0 spiro atoms. The Hall–Kier alpha value is -0.900. The molecular formula is C9H13N3S. The second-order valence-electron chi connectivity index (χ2n) is 3.57. The van der Waals surface area contributed by atoms with Crippen molar-refractivity contribution in [2.24, 2.45) is 0 Å². The van der Waals surface area contributed by atoms with Crippen LogP contribution < -0.4 is 4.90 Å². The molecule has 0 amide bonds. The first-order valence-electron chi connectivity index (χ1n) is 4.48. The van der Waals surface area contributed by atoms with Crippen LogP contribution in [-0.2, 0) is 12.8 Å². The summed E-state index contributed by atoms with van der Waals surface area (Å²) in [7, 11) is 3.93. The number of H-pyrrole nitrogens is 1. The van der Waals surface area contributed by atoms with Crippen LogP contribution in [0.2, 0.25) is 0 Å². The second kappa shape index (κ2) is 3.10. The Morgan fingerprint density at radius 1 is 1.38 bits per heavy atom. The lowest BCUT2D eigenvalue weighted by atomic mass is 10.3. The fourth-order valence-corrected chi connectivity index (χ4v) is 1.97. The molecule has 0 unspecified atom stereocenters. The molecule has 1 aliphatic rings. The highest BCUT2D eigenvalue weighted by molar-refractivity contribution is 7.71. The molecule has 4 heteroatoms. The maximum Gasteiger partial charge on any atom is 0.203 e. The highest BCUT2D eigenvalue weighted by Crippen LogP contribution is 2.21. The van der Waals surface area contributed by atoms with Crippen LogP contribution in [-0.4, -0.2) is 24.1 Å². The molecule has 2 rings (SSSR count). The van der Waals surface area contributed by atoms with E-state index in [0.717, 1.165) is 23.4 Å². The van der Waals surface area contributed by atoms with Crippen LogP contribution in [0, 0.1) is 4.64 Å². The van der Waals surface area contributed by atoms with Crippen molar-refractivity contribution >= 4 is 18.2 Å². The molecule has 3 nitrogen and oxygen atoms in total. The van der Waals surface area contributed by atoms with Crippen LogP contribution in [0.4, 0.5) is 5.95 Å².